The zero-order chi connectivity index (χ0) is 13.3. The molecule has 1 atom stereocenters. The van der Waals surface area contributed by atoms with Crippen molar-refractivity contribution in [3.63, 3.8) is 0 Å². The fraction of sp³-hybridized carbons (Fsp3) is 0.250. The van der Waals surface area contributed by atoms with Crippen LogP contribution in [0, 0.1) is 0 Å². The number of nitrogens with one attached hydrogen (secondary N) is 1. The van der Waals surface area contributed by atoms with Gasteiger partial charge in [-0.3, -0.25) is 4.79 Å². The summed E-state index contributed by atoms with van der Waals surface area (Å²) >= 11 is 11.9. The molecule has 0 fully saturated rings. The number of esters is 1. The second-order valence-corrected chi connectivity index (χ2v) is 4.77. The highest BCUT2D eigenvalue weighted by molar-refractivity contribution is 6.42. The number of carbonyl (C=O) groups excluding carboxylic acids is 1. The number of aromatic amines is 1. The average Bonchev–Trinajstić information content (AvgIpc) is 2.71. The van der Waals surface area contributed by atoms with Gasteiger partial charge in [0, 0.05) is 23.5 Å². The first-order chi connectivity index (χ1) is 8.52. The lowest BCUT2D eigenvalue weighted by molar-refractivity contribution is -0.142. The zero-order valence-corrected chi connectivity index (χ0v) is 12.4. The summed E-state index contributed by atoms with van der Waals surface area (Å²) in [7, 11) is 1.31. The maximum atomic E-state index is 11.3. The van der Waals surface area contributed by atoms with E-state index in [0.29, 0.717) is 16.5 Å². The third-order valence-corrected chi connectivity index (χ3v) is 3.47. The molecular weight excluding hydrogens is 311 g/mol. The monoisotopic (exact) mass is 322 g/mol. The zero-order valence-electron chi connectivity index (χ0n) is 10.1. The SMILES string of the molecule is COC(=O)C(N)Cc1c[nH]c2cc(Cl)c(Cl)cc12.Cl. The van der Waals surface area contributed by atoms with E-state index in [-0.39, 0.29) is 12.4 Å². The van der Waals surface area contributed by atoms with Gasteiger partial charge in [0.15, 0.2) is 0 Å². The first-order valence-electron chi connectivity index (χ1n) is 5.31. The number of ether oxygens (including phenoxy) is 1. The lowest BCUT2D eigenvalue weighted by atomic mass is 10.1. The number of H-pyrrole nitrogens is 1. The van der Waals surface area contributed by atoms with Gasteiger partial charge in [0.05, 0.1) is 17.2 Å². The van der Waals surface area contributed by atoms with Crippen LogP contribution in [-0.2, 0) is 16.0 Å². The Kier molecular flexibility index (Phi) is 5.50. The van der Waals surface area contributed by atoms with Gasteiger partial charge in [-0.2, -0.15) is 0 Å². The van der Waals surface area contributed by atoms with Crippen molar-refractivity contribution in [1.82, 2.24) is 4.98 Å². The summed E-state index contributed by atoms with van der Waals surface area (Å²) in [6, 6.07) is 2.81. The Balaban J connectivity index is 0.00000180. The van der Waals surface area contributed by atoms with Crippen LogP contribution >= 0.6 is 35.6 Å². The van der Waals surface area contributed by atoms with E-state index in [1.807, 2.05) is 0 Å². The largest absolute Gasteiger partial charge is 0.468 e. The molecule has 0 aliphatic carbocycles. The molecule has 104 valence electrons. The van der Waals surface area contributed by atoms with Gasteiger partial charge in [-0.1, -0.05) is 23.2 Å². The van der Waals surface area contributed by atoms with Gasteiger partial charge in [0.1, 0.15) is 6.04 Å². The number of halogens is 3. The summed E-state index contributed by atoms with van der Waals surface area (Å²) in [6.45, 7) is 0. The summed E-state index contributed by atoms with van der Waals surface area (Å²) in [5.41, 5.74) is 7.49. The molecule has 2 rings (SSSR count). The predicted octanol–water partition coefficient (Wildman–Crippen LogP) is 2.94. The minimum absolute atomic E-state index is 0. The molecular formula is C12H13Cl3N2O2. The average molecular weight is 324 g/mol. The second-order valence-electron chi connectivity index (χ2n) is 3.96. The Morgan fingerprint density at radius 2 is 2.05 bits per heavy atom. The van der Waals surface area contributed by atoms with E-state index < -0.39 is 12.0 Å². The van der Waals surface area contributed by atoms with E-state index in [0.717, 1.165) is 16.5 Å². The Hall–Kier alpha value is -0.940. The molecule has 0 aliphatic rings. The number of nitrogens with two attached hydrogens (primary N) is 1. The van der Waals surface area contributed by atoms with Gasteiger partial charge < -0.3 is 15.5 Å². The van der Waals surface area contributed by atoms with Crippen molar-refractivity contribution in [1.29, 1.82) is 0 Å². The molecule has 7 heteroatoms. The molecule has 0 spiro atoms. The van der Waals surface area contributed by atoms with Crippen LogP contribution in [0.4, 0.5) is 0 Å². The number of hydrogen-bond acceptors (Lipinski definition) is 3. The van der Waals surface area contributed by atoms with Gasteiger partial charge in [-0.15, -0.1) is 12.4 Å². The van der Waals surface area contributed by atoms with Crippen molar-refractivity contribution in [2.45, 2.75) is 12.5 Å². The van der Waals surface area contributed by atoms with Crippen molar-refractivity contribution in [2.75, 3.05) is 7.11 Å². The number of benzene rings is 1. The van der Waals surface area contributed by atoms with Crippen LogP contribution in [0.5, 0.6) is 0 Å². The quantitative estimate of drug-likeness (QED) is 0.853. The van der Waals surface area contributed by atoms with Crippen LogP contribution in [0.25, 0.3) is 10.9 Å². The summed E-state index contributed by atoms with van der Waals surface area (Å²) < 4.78 is 4.59. The molecule has 1 aromatic heterocycles. The molecule has 2 aromatic rings. The van der Waals surface area contributed by atoms with Gasteiger partial charge in [0.2, 0.25) is 0 Å². The topological polar surface area (TPSA) is 68.1 Å². The van der Waals surface area contributed by atoms with Gasteiger partial charge in [0.25, 0.3) is 0 Å². The first-order valence-corrected chi connectivity index (χ1v) is 6.07. The van der Waals surface area contributed by atoms with Crippen LogP contribution in [-0.4, -0.2) is 24.1 Å². The normalized spacial score (nSPS) is 12.0. The summed E-state index contributed by atoms with van der Waals surface area (Å²) in [4.78, 5) is 14.4. The van der Waals surface area contributed by atoms with Crippen LogP contribution in [0.2, 0.25) is 10.0 Å². The van der Waals surface area contributed by atoms with Gasteiger partial charge in [-0.25, -0.2) is 0 Å². The smallest absolute Gasteiger partial charge is 0.322 e. The Bertz CT molecular complexity index is 598. The van der Waals surface area contributed by atoms with E-state index in [9.17, 15) is 4.79 Å². The predicted molar refractivity (Wildman–Crippen MR) is 79.3 cm³/mol. The molecule has 1 unspecified atom stereocenters. The number of aromatic nitrogens is 1. The molecule has 1 aromatic carbocycles. The number of rotatable bonds is 3. The van der Waals surface area contributed by atoms with E-state index in [1.165, 1.54) is 7.11 Å². The lowest BCUT2D eigenvalue weighted by Crippen LogP contribution is -2.33. The van der Waals surface area contributed by atoms with Crippen molar-refractivity contribution >= 4 is 52.5 Å². The second kappa shape index (κ2) is 6.48. The molecule has 1 heterocycles. The molecule has 0 radical (unpaired) electrons. The van der Waals surface area contributed by atoms with E-state index in [1.54, 1.807) is 18.3 Å². The van der Waals surface area contributed by atoms with Crippen molar-refractivity contribution in [3.05, 3.63) is 33.9 Å². The van der Waals surface area contributed by atoms with Crippen molar-refractivity contribution < 1.29 is 9.53 Å². The number of carbonyl (C=O) groups is 1. The number of hydrogen-bond donors (Lipinski definition) is 2. The lowest BCUT2D eigenvalue weighted by Gasteiger charge is -2.08. The van der Waals surface area contributed by atoms with E-state index >= 15 is 0 Å². The maximum Gasteiger partial charge on any atom is 0.322 e. The molecule has 0 saturated carbocycles. The minimum atomic E-state index is -0.691. The molecule has 3 N–H and O–H groups in total. The summed E-state index contributed by atoms with van der Waals surface area (Å²) in [5.74, 6) is -0.440. The standard InChI is InChI=1S/C12H12Cl2N2O2.ClH/c1-18-12(17)10(15)2-6-5-16-11-4-9(14)8(13)3-7(6)11;/h3-5,10,16H,2,15H2,1H3;1H. The third-order valence-electron chi connectivity index (χ3n) is 2.75. The van der Waals surface area contributed by atoms with Crippen LogP contribution in [0.15, 0.2) is 18.3 Å². The summed E-state index contributed by atoms with van der Waals surface area (Å²) in [6.07, 6.45) is 2.17. The first kappa shape index (κ1) is 16.1. The van der Waals surface area contributed by atoms with E-state index in [4.69, 9.17) is 28.9 Å². The third kappa shape index (κ3) is 3.34. The van der Waals surface area contributed by atoms with Crippen LogP contribution < -0.4 is 5.73 Å². The van der Waals surface area contributed by atoms with Crippen LogP contribution in [0.3, 0.4) is 0 Å². The molecule has 0 amide bonds. The van der Waals surface area contributed by atoms with Gasteiger partial charge >= 0.3 is 5.97 Å². The Morgan fingerprint density at radius 3 is 2.68 bits per heavy atom. The molecule has 4 nitrogen and oxygen atoms in total. The minimum Gasteiger partial charge on any atom is -0.468 e. The molecule has 19 heavy (non-hydrogen) atoms. The highest BCUT2D eigenvalue weighted by Gasteiger charge is 2.17. The summed E-state index contributed by atoms with van der Waals surface area (Å²) in [5, 5.41) is 1.86. The van der Waals surface area contributed by atoms with E-state index in [2.05, 4.69) is 9.72 Å². The maximum absolute atomic E-state index is 11.3. The fourth-order valence-electron chi connectivity index (χ4n) is 1.82. The number of methoxy groups -OCH3 is 1. The van der Waals surface area contributed by atoms with Crippen LogP contribution in [0.1, 0.15) is 5.56 Å². The van der Waals surface area contributed by atoms with Crippen molar-refractivity contribution in [2.24, 2.45) is 5.73 Å². The Labute approximate surface area is 126 Å². The molecule has 0 aliphatic heterocycles. The fourth-order valence-corrected chi connectivity index (χ4v) is 2.14. The van der Waals surface area contributed by atoms with Gasteiger partial charge in [-0.05, 0) is 17.7 Å². The van der Waals surface area contributed by atoms with Crippen molar-refractivity contribution in [3.8, 4) is 0 Å². The Morgan fingerprint density at radius 1 is 1.42 bits per heavy atom. The highest BCUT2D eigenvalue weighted by atomic mass is 35.5. The molecule has 0 bridgehead atoms. The number of fused-ring (bicyclic) bond motifs is 1. The molecule has 0 saturated heterocycles. The highest BCUT2D eigenvalue weighted by Crippen LogP contribution is 2.29.